The number of thiophene rings is 1. The summed E-state index contributed by atoms with van der Waals surface area (Å²) in [5, 5.41) is 6.80. The van der Waals surface area contributed by atoms with E-state index in [4.69, 9.17) is 0 Å². The molecule has 7 heteroatoms. The second-order valence-electron chi connectivity index (χ2n) is 5.59. The van der Waals surface area contributed by atoms with Gasteiger partial charge in [-0.3, -0.25) is 0 Å². The van der Waals surface area contributed by atoms with E-state index in [2.05, 4.69) is 60.3 Å². The topological polar surface area (TPSA) is 65.6 Å². The molecule has 0 spiro atoms. The van der Waals surface area contributed by atoms with Crippen LogP contribution in [0.5, 0.6) is 0 Å². The quantitative estimate of drug-likeness (QED) is 0.400. The molecular formula is C18H20BrN5S. The molecule has 0 saturated carbocycles. The summed E-state index contributed by atoms with van der Waals surface area (Å²) in [6.45, 7) is 6.66. The summed E-state index contributed by atoms with van der Waals surface area (Å²) in [5.74, 6) is 6.88. The van der Waals surface area contributed by atoms with Crippen LogP contribution in [0.15, 0.2) is 22.8 Å². The summed E-state index contributed by atoms with van der Waals surface area (Å²) in [5.41, 5.74) is 2.98. The lowest BCUT2D eigenvalue weighted by Crippen LogP contribution is -2.17. The smallest absolute Gasteiger partial charge is 0.202 e. The molecule has 0 unspecified atom stereocenters. The van der Waals surface area contributed by atoms with Gasteiger partial charge in [0.15, 0.2) is 5.65 Å². The van der Waals surface area contributed by atoms with E-state index in [9.17, 15) is 0 Å². The first-order valence-electron chi connectivity index (χ1n) is 8.15. The largest absolute Gasteiger partial charge is 0.356 e. The molecule has 0 aliphatic rings. The number of nitrogens with zero attached hydrogens (tertiary/aromatic N) is 2. The molecule has 5 nitrogen and oxygen atoms in total. The Hall–Kier alpha value is -1.88. The molecule has 3 N–H and O–H groups in total. The maximum atomic E-state index is 4.41. The highest BCUT2D eigenvalue weighted by Gasteiger charge is 2.10. The fraction of sp³-hybridized carbons (Fsp3) is 0.333. The van der Waals surface area contributed by atoms with Gasteiger partial charge in [0.05, 0.1) is 10.4 Å². The van der Waals surface area contributed by atoms with Crippen LogP contribution in [0.3, 0.4) is 0 Å². The lowest BCUT2D eigenvalue weighted by atomic mass is 10.2. The van der Waals surface area contributed by atoms with Gasteiger partial charge < -0.3 is 15.6 Å². The average Bonchev–Trinajstić information content (AvgIpc) is 3.14. The SMILES string of the molecule is CC#Cc1sc(CNCCCNc2nc3ncccc3[nH]2)c(C)c1Br. The van der Waals surface area contributed by atoms with Crippen molar-refractivity contribution in [1.82, 2.24) is 20.3 Å². The summed E-state index contributed by atoms with van der Waals surface area (Å²) < 4.78 is 1.13. The molecular weight excluding hydrogens is 398 g/mol. The van der Waals surface area contributed by atoms with Crippen molar-refractivity contribution in [3.63, 3.8) is 0 Å². The molecule has 0 bridgehead atoms. The monoisotopic (exact) mass is 417 g/mol. The lowest BCUT2D eigenvalue weighted by Gasteiger charge is -2.05. The van der Waals surface area contributed by atoms with Gasteiger partial charge in [0, 0.05) is 28.6 Å². The van der Waals surface area contributed by atoms with Gasteiger partial charge in [-0.05, 0) is 60.4 Å². The second-order valence-corrected chi connectivity index (χ2v) is 7.48. The van der Waals surface area contributed by atoms with Crippen molar-refractivity contribution in [3.05, 3.63) is 38.1 Å². The summed E-state index contributed by atoms with van der Waals surface area (Å²) in [6.07, 6.45) is 2.76. The minimum Gasteiger partial charge on any atom is -0.356 e. The van der Waals surface area contributed by atoms with Gasteiger partial charge in [-0.2, -0.15) is 4.98 Å². The zero-order valence-electron chi connectivity index (χ0n) is 14.2. The number of anilines is 1. The van der Waals surface area contributed by atoms with Crippen LogP contribution < -0.4 is 10.6 Å². The van der Waals surface area contributed by atoms with Gasteiger partial charge in [0.1, 0.15) is 0 Å². The summed E-state index contributed by atoms with van der Waals surface area (Å²) in [7, 11) is 0. The van der Waals surface area contributed by atoms with E-state index in [0.717, 1.165) is 52.5 Å². The highest BCUT2D eigenvalue weighted by Crippen LogP contribution is 2.32. The molecule has 3 aromatic heterocycles. The lowest BCUT2D eigenvalue weighted by molar-refractivity contribution is 0.666. The minimum absolute atomic E-state index is 0.743. The van der Waals surface area contributed by atoms with Crippen LogP contribution in [-0.4, -0.2) is 28.0 Å². The Kier molecular flexibility index (Phi) is 6.08. The Balaban J connectivity index is 1.41. The van der Waals surface area contributed by atoms with E-state index in [-0.39, 0.29) is 0 Å². The Morgan fingerprint density at radius 2 is 2.24 bits per heavy atom. The van der Waals surface area contributed by atoms with Crippen LogP contribution in [-0.2, 0) is 6.54 Å². The predicted octanol–water partition coefficient (Wildman–Crippen LogP) is 4.05. The number of fused-ring (bicyclic) bond motifs is 1. The Bertz CT molecular complexity index is 886. The van der Waals surface area contributed by atoms with E-state index in [1.807, 2.05) is 19.1 Å². The fourth-order valence-corrected chi connectivity index (χ4v) is 4.23. The number of aromatic nitrogens is 3. The van der Waals surface area contributed by atoms with Gasteiger partial charge in [0.25, 0.3) is 0 Å². The van der Waals surface area contributed by atoms with E-state index in [0.29, 0.717) is 0 Å². The summed E-state index contributed by atoms with van der Waals surface area (Å²) in [6, 6.07) is 3.87. The van der Waals surface area contributed by atoms with Crippen LogP contribution in [0.4, 0.5) is 5.95 Å². The standard InChI is InChI=1S/C18H20BrN5S/c1-3-6-14-16(19)12(2)15(25-14)11-20-8-5-10-22-18-23-13-7-4-9-21-17(13)24-18/h4,7,9,20H,5,8,10-11H2,1-2H3,(H2,21,22,23,24). The van der Waals surface area contributed by atoms with E-state index < -0.39 is 0 Å². The second kappa shape index (κ2) is 8.48. The van der Waals surface area contributed by atoms with Crippen molar-refractivity contribution < 1.29 is 0 Å². The first-order chi connectivity index (χ1) is 12.2. The highest BCUT2D eigenvalue weighted by atomic mass is 79.9. The summed E-state index contributed by atoms with van der Waals surface area (Å²) in [4.78, 5) is 14.3. The Morgan fingerprint density at radius 1 is 1.36 bits per heavy atom. The number of imidazole rings is 1. The molecule has 0 aliphatic carbocycles. The van der Waals surface area contributed by atoms with Gasteiger partial charge in [0.2, 0.25) is 5.95 Å². The van der Waals surface area contributed by atoms with E-state index in [1.54, 1.807) is 17.5 Å². The molecule has 3 heterocycles. The average molecular weight is 418 g/mol. The molecule has 3 aromatic rings. The first kappa shape index (κ1) is 17.9. The van der Waals surface area contributed by atoms with Crippen molar-refractivity contribution in [3.8, 4) is 11.8 Å². The van der Waals surface area contributed by atoms with Crippen LogP contribution in [0.25, 0.3) is 11.2 Å². The van der Waals surface area contributed by atoms with Crippen LogP contribution >= 0.6 is 27.3 Å². The molecule has 25 heavy (non-hydrogen) atoms. The number of hydrogen-bond acceptors (Lipinski definition) is 5. The predicted molar refractivity (Wildman–Crippen MR) is 108 cm³/mol. The van der Waals surface area contributed by atoms with Gasteiger partial charge >= 0.3 is 0 Å². The molecule has 0 saturated heterocycles. The number of rotatable bonds is 7. The van der Waals surface area contributed by atoms with E-state index in [1.165, 1.54) is 10.4 Å². The van der Waals surface area contributed by atoms with Crippen LogP contribution in [0.2, 0.25) is 0 Å². The van der Waals surface area contributed by atoms with Crippen molar-refractivity contribution in [2.75, 3.05) is 18.4 Å². The van der Waals surface area contributed by atoms with Gasteiger partial charge in [-0.25, -0.2) is 4.98 Å². The Labute approximate surface area is 159 Å². The maximum Gasteiger partial charge on any atom is 0.202 e. The maximum absolute atomic E-state index is 4.41. The zero-order chi connectivity index (χ0) is 17.6. The zero-order valence-corrected chi connectivity index (χ0v) is 16.6. The third kappa shape index (κ3) is 4.40. The molecule has 0 aromatic carbocycles. The third-order valence-electron chi connectivity index (χ3n) is 3.78. The van der Waals surface area contributed by atoms with E-state index >= 15 is 0 Å². The van der Waals surface area contributed by atoms with Crippen molar-refractivity contribution in [1.29, 1.82) is 0 Å². The first-order valence-corrected chi connectivity index (χ1v) is 9.76. The minimum atomic E-state index is 0.743. The van der Waals surface area contributed by atoms with Crippen molar-refractivity contribution >= 4 is 44.4 Å². The fourth-order valence-electron chi connectivity index (χ4n) is 2.45. The van der Waals surface area contributed by atoms with Crippen LogP contribution in [0, 0.1) is 18.8 Å². The van der Waals surface area contributed by atoms with Crippen molar-refractivity contribution in [2.45, 2.75) is 26.8 Å². The van der Waals surface area contributed by atoms with Gasteiger partial charge in [-0.1, -0.05) is 5.92 Å². The molecule has 0 radical (unpaired) electrons. The molecule has 0 amide bonds. The number of nitrogens with one attached hydrogen (secondary N) is 3. The van der Waals surface area contributed by atoms with Gasteiger partial charge in [-0.15, -0.1) is 17.3 Å². The Morgan fingerprint density at radius 3 is 3.04 bits per heavy atom. The third-order valence-corrected chi connectivity index (χ3v) is 6.24. The number of pyridine rings is 1. The molecule has 3 rings (SSSR count). The number of halogens is 1. The molecule has 0 fully saturated rings. The molecule has 0 atom stereocenters. The van der Waals surface area contributed by atoms with Crippen LogP contribution in [0.1, 0.15) is 28.7 Å². The number of aromatic amines is 1. The molecule has 130 valence electrons. The molecule has 0 aliphatic heterocycles. The number of H-pyrrole nitrogens is 1. The van der Waals surface area contributed by atoms with Crippen molar-refractivity contribution in [2.24, 2.45) is 0 Å². The number of hydrogen-bond donors (Lipinski definition) is 3. The highest BCUT2D eigenvalue weighted by molar-refractivity contribution is 9.10. The summed E-state index contributed by atoms with van der Waals surface area (Å²) >= 11 is 5.38. The normalized spacial score (nSPS) is 10.7.